The summed E-state index contributed by atoms with van der Waals surface area (Å²) in [7, 11) is 0. The lowest BCUT2D eigenvalue weighted by Gasteiger charge is -2.07. The first kappa shape index (κ1) is 11.0. The Morgan fingerprint density at radius 3 is 2.86 bits per heavy atom. The second-order valence-corrected chi connectivity index (χ2v) is 3.65. The molecule has 3 nitrogen and oxygen atoms in total. The number of carbonyl (C=O) groups is 1. The maximum absolute atomic E-state index is 10.7. The van der Waals surface area contributed by atoms with Gasteiger partial charge in [0.1, 0.15) is 5.75 Å². The van der Waals surface area contributed by atoms with Crippen molar-refractivity contribution in [1.29, 1.82) is 0 Å². The summed E-state index contributed by atoms with van der Waals surface area (Å²) in [5.74, 6) is -0.370. The molecule has 0 heterocycles. The van der Waals surface area contributed by atoms with Crippen molar-refractivity contribution in [1.82, 2.24) is 0 Å². The number of halogens is 1. The van der Waals surface area contributed by atoms with Gasteiger partial charge in [0.05, 0.1) is 16.6 Å². The highest BCUT2D eigenvalue weighted by Crippen LogP contribution is 2.26. The molecular formula is C10H11BrO3. The minimum atomic E-state index is -0.946. The summed E-state index contributed by atoms with van der Waals surface area (Å²) in [6, 6.07) is 4.72. The number of hydrogen-bond acceptors (Lipinski definition) is 2. The first-order valence-electron chi connectivity index (χ1n) is 4.30. The van der Waals surface area contributed by atoms with Gasteiger partial charge in [-0.15, -0.1) is 0 Å². The van der Waals surface area contributed by atoms with Gasteiger partial charge in [-0.3, -0.25) is 0 Å². The molecule has 0 amide bonds. The summed E-state index contributed by atoms with van der Waals surface area (Å²) >= 11 is 3.29. The number of carboxylic acids is 1. The highest BCUT2D eigenvalue weighted by molar-refractivity contribution is 9.10. The molecule has 0 unspecified atom stereocenters. The Balaban J connectivity index is 2.90. The van der Waals surface area contributed by atoms with Crippen molar-refractivity contribution in [3.05, 3.63) is 28.2 Å². The Morgan fingerprint density at radius 1 is 1.57 bits per heavy atom. The van der Waals surface area contributed by atoms with Gasteiger partial charge >= 0.3 is 5.97 Å². The van der Waals surface area contributed by atoms with Crippen LogP contribution in [0.5, 0.6) is 5.75 Å². The summed E-state index contributed by atoms with van der Waals surface area (Å²) < 4.78 is 6.14. The van der Waals surface area contributed by atoms with Crippen molar-refractivity contribution in [2.45, 2.75) is 13.3 Å². The highest BCUT2D eigenvalue weighted by Gasteiger charge is 2.07. The molecule has 0 aliphatic carbocycles. The van der Waals surface area contributed by atoms with Crippen LogP contribution in [-0.2, 0) is 0 Å². The van der Waals surface area contributed by atoms with Crippen molar-refractivity contribution in [2.24, 2.45) is 0 Å². The lowest BCUT2D eigenvalue weighted by Crippen LogP contribution is -2.00. The van der Waals surface area contributed by atoms with Crippen LogP contribution in [-0.4, -0.2) is 17.7 Å². The van der Waals surface area contributed by atoms with Crippen LogP contribution < -0.4 is 4.74 Å². The number of aromatic carboxylic acids is 1. The zero-order valence-electron chi connectivity index (χ0n) is 7.79. The van der Waals surface area contributed by atoms with Crippen molar-refractivity contribution < 1.29 is 14.6 Å². The number of rotatable bonds is 4. The molecule has 1 rings (SSSR count). The molecule has 0 fully saturated rings. The molecule has 1 aromatic rings. The Bertz CT molecular complexity index is 336. The Hall–Kier alpha value is -1.03. The SMILES string of the molecule is CCCOc1cc(C(=O)O)ccc1Br. The van der Waals surface area contributed by atoms with Crippen molar-refractivity contribution in [2.75, 3.05) is 6.61 Å². The first-order chi connectivity index (χ1) is 6.65. The lowest BCUT2D eigenvalue weighted by molar-refractivity contribution is 0.0696. The van der Waals surface area contributed by atoms with Gasteiger partial charge in [-0.25, -0.2) is 4.79 Å². The Kier molecular flexibility index (Phi) is 3.95. The van der Waals surface area contributed by atoms with Crippen LogP contribution in [0.1, 0.15) is 23.7 Å². The molecule has 0 radical (unpaired) electrons. The third kappa shape index (κ3) is 2.73. The number of ether oxygens (including phenoxy) is 1. The van der Waals surface area contributed by atoms with Gasteiger partial charge in [0.15, 0.2) is 0 Å². The van der Waals surface area contributed by atoms with Crippen LogP contribution >= 0.6 is 15.9 Å². The standard InChI is InChI=1S/C10H11BrO3/c1-2-5-14-9-6-7(10(12)13)3-4-8(9)11/h3-4,6H,2,5H2,1H3,(H,12,13). The number of benzene rings is 1. The first-order valence-corrected chi connectivity index (χ1v) is 5.10. The van der Waals surface area contributed by atoms with E-state index in [9.17, 15) is 4.79 Å². The second kappa shape index (κ2) is 5.00. The van der Waals surface area contributed by atoms with E-state index in [1.54, 1.807) is 6.07 Å². The van der Waals surface area contributed by atoms with Crippen LogP contribution in [0.3, 0.4) is 0 Å². The average molecular weight is 259 g/mol. The predicted molar refractivity (Wildman–Crippen MR) is 56.9 cm³/mol. The summed E-state index contributed by atoms with van der Waals surface area (Å²) in [5, 5.41) is 8.75. The molecule has 76 valence electrons. The van der Waals surface area contributed by atoms with Crippen LogP contribution in [0.25, 0.3) is 0 Å². The molecule has 0 atom stereocenters. The molecule has 1 aromatic carbocycles. The van der Waals surface area contributed by atoms with Gasteiger partial charge in [0, 0.05) is 0 Å². The van der Waals surface area contributed by atoms with E-state index in [4.69, 9.17) is 9.84 Å². The largest absolute Gasteiger partial charge is 0.492 e. The third-order valence-electron chi connectivity index (χ3n) is 1.64. The zero-order chi connectivity index (χ0) is 10.6. The van der Waals surface area contributed by atoms with Gasteiger partial charge in [0.2, 0.25) is 0 Å². The van der Waals surface area contributed by atoms with Crippen molar-refractivity contribution >= 4 is 21.9 Å². The summed E-state index contributed by atoms with van der Waals surface area (Å²) in [6.45, 7) is 2.58. The van der Waals surface area contributed by atoms with E-state index < -0.39 is 5.97 Å². The van der Waals surface area contributed by atoms with Crippen LogP contribution in [0.4, 0.5) is 0 Å². The summed E-state index contributed by atoms with van der Waals surface area (Å²) in [6.07, 6.45) is 0.893. The molecule has 0 aromatic heterocycles. The van der Waals surface area contributed by atoms with Gasteiger partial charge in [-0.2, -0.15) is 0 Å². The molecule has 1 N–H and O–H groups in total. The number of carboxylic acid groups (broad SMARTS) is 1. The Morgan fingerprint density at radius 2 is 2.29 bits per heavy atom. The summed E-state index contributed by atoms with van der Waals surface area (Å²) in [4.78, 5) is 10.7. The maximum atomic E-state index is 10.7. The van der Waals surface area contributed by atoms with Crippen LogP contribution in [0.2, 0.25) is 0 Å². The van der Waals surface area contributed by atoms with E-state index in [1.165, 1.54) is 12.1 Å². The molecule has 14 heavy (non-hydrogen) atoms. The molecule has 0 aliphatic rings. The molecule has 0 saturated heterocycles. The minimum Gasteiger partial charge on any atom is -0.492 e. The minimum absolute atomic E-state index is 0.235. The van der Waals surface area contributed by atoms with Crippen molar-refractivity contribution in [3.63, 3.8) is 0 Å². The fraction of sp³-hybridized carbons (Fsp3) is 0.300. The van der Waals surface area contributed by atoms with Gasteiger partial charge in [0.25, 0.3) is 0 Å². The molecular weight excluding hydrogens is 248 g/mol. The molecule has 4 heteroatoms. The maximum Gasteiger partial charge on any atom is 0.335 e. The monoisotopic (exact) mass is 258 g/mol. The fourth-order valence-electron chi connectivity index (χ4n) is 0.959. The van der Waals surface area contributed by atoms with Crippen molar-refractivity contribution in [3.8, 4) is 5.75 Å². The molecule has 0 saturated carbocycles. The Labute approximate surface area is 90.8 Å². The third-order valence-corrected chi connectivity index (χ3v) is 2.29. The topological polar surface area (TPSA) is 46.5 Å². The fourth-order valence-corrected chi connectivity index (χ4v) is 1.32. The number of hydrogen-bond donors (Lipinski definition) is 1. The lowest BCUT2D eigenvalue weighted by atomic mass is 10.2. The molecule has 0 bridgehead atoms. The summed E-state index contributed by atoms with van der Waals surface area (Å²) in [5.41, 5.74) is 0.235. The van der Waals surface area contributed by atoms with Crippen LogP contribution in [0.15, 0.2) is 22.7 Å². The van der Waals surface area contributed by atoms with Gasteiger partial charge in [-0.1, -0.05) is 6.92 Å². The van der Waals surface area contributed by atoms with Gasteiger partial charge < -0.3 is 9.84 Å². The van der Waals surface area contributed by atoms with E-state index in [1.807, 2.05) is 6.92 Å². The van der Waals surface area contributed by atoms with E-state index >= 15 is 0 Å². The average Bonchev–Trinajstić information content (AvgIpc) is 2.16. The van der Waals surface area contributed by atoms with Crippen LogP contribution in [0, 0.1) is 0 Å². The van der Waals surface area contributed by atoms with Gasteiger partial charge in [-0.05, 0) is 40.5 Å². The highest BCUT2D eigenvalue weighted by atomic mass is 79.9. The van der Waals surface area contributed by atoms with E-state index in [2.05, 4.69) is 15.9 Å². The molecule has 0 spiro atoms. The smallest absolute Gasteiger partial charge is 0.335 e. The normalized spacial score (nSPS) is 9.86. The van der Waals surface area contributed by atoms with E-state index in [0.717, 1.165) is 10.9 Å². The quantitative estimate of drug-likeness (QED) is 0.904. The van der Waals surface area contributed by atoms with E-state index in [0.29, 0.717) is 12.4 Å². The zero-order valence-corrected chi connectivity index (χ0v) is 9.37. The molecule has 0 aliphatic heterocycles. The van der Waals surface area contributed by atoms with E-state index in [-0.39, 0.29) is 5.56 Å². The second-order valence-electron chi connectivity index (χ2n) is 2.80. The predicted octanol–water partition coefficient (Wildman–Crippen LogP) is 2.94.